The molecule has 1 amide bonds. The Morgan fingerprint density at radius 1 is 1.34 bits per heavy atom. The number of amides is 1. The highest BCUT2D eigenvalue weighted by molar-refractivity contribution is 7.12. The molecule has 2 saturated heterocycles. The Hall–Kier alpha value is -2.03. The number of carbonyl (C=O) groups excluding carboxylic acids is 1. The quantitative estimate of drug-likeness (QED) is 0.829. The molecular weight excluding hydrogens is 388 g/mol. The van der Waals surface area contributed by atoms with Crippen molar-refractivity contribution in [2.75, 3.05) is 44.8 Å². The zero-order chi connectivity index (χ0) is 19.7. The molecule has 0 bridgehead atoms. The number of aromatic nitrogens is 2. The average Bonchev–Trinajstić information content (AvgIpc) is 3.44. The molecule has 8 heteroatoms. The minimum atomic E-state index is -0.238. The van der Waals surface area contributed by atoms with E-state index in [1.54, 1.807) is 0 Å². The molecule has 1 N–H and O–H groups in total. The number of fused-ring (bicyclic) bond motifs is 2. The van der Waals surface area contributed by atoms with Crippen molar-refractivity contribution in [3.63, 3.8) is 0 Å². The number of likely N-dealkylation sites (tertiary alicyclic amines) is 1. The molecule has 5 heterocycles. The Balaban J connectivity index is 1.33. The molecule has 0 unspecified atom stereocenters. The van der Waals surface area contributed by atoms with Gasteiger partial charge in [0, 0.05) is 44.6 Å². The van der Waals surface area contributed by atoms with Crippen LogP contribution < -0.4 is 5.32 Å². The number of anilines is 1. The summed E-state index contributed by atoms with van der Waals surface area (Å²) in [6, 6.07) is 3.82. The predicted molar refractivity (Wildman–Crippen MR) is 110 cm³/mol. The third kappa shape index (κ3) is 3.76. The average molecular weight is 415 g/mol. The van der Waals surface area contributed by atoms with E-state index in [1.807, 2.05) is 28.6 Å². The van der Waals surface area contributed by atoms with Crippen molar-refractivity contribution in [3.05, 3.63) is 39.8 Å². The van der Waals surface area contributed by atoms with E-state index in [0.717, 1.165) is 61.7 Å². The van der Waals surface area contributed by atoms with Gasteiger partial charge in [0.05, 0.1) is 29.2 Å². The minimum Gasteiger partial charge on any atom is -0.381 e. The number of rotatable bonds is 4. The van der Waals surface area contributed by atoms with Crippen LogP contribution in [0.5, 0.6) is 0 Å². The second-order valence-corrected chi connectivity index (χ2v) is 9.18. The van der Waals surface area contributed by atoms with Crippen molar-refractivity contribution in [2.45, 2.75) is 31.3 Å². The van der Waals surface area contributed by atoms with E-state index < -0.39 is 0 Å². The van der Waals surface area contributed by atoms with Gasteiger partial charge in [0.15, 0.2) is 0 Å². The van der Waals surface area contributed by atoms with E-state index in [-0.39, 0.29) is 11.3 Å². The lowest BCUT2D eigenvalue weighted by molar-refractivity contribution is 0.0485. The lowest BCUT2D eigenvalue weighted by Gasteiger charge is -2.34. The monoisotopic (exact) mass is 414 g/mol. The first-order chi connectivity index (χ1) is 14.2. The van der Waals surface area contributed by atoms with Gasteiger partial charge < -0.3 is 19.7 Å². The maximum absolute atomic E-state index is 12.8. The number of carbonyl (C=O) groups is 1. The number of hydrogen-bond donors (Lipinski definition) is 1. The Morgan fingerprint density at radius 3 is 3.07 bits per heavy atom. The largest absolute Gasteiger partial charge is 0.381 e. The van der Waals surface area contributed by atoms with Crippen molar-refractivity contribution >= 4 is 23.2 Å². The molecule has 29 heavy (non-hydrogen) atoms. The van der Waals surface area contributed by atoms with Crippen molar-refractivity contribution < 1.29 is 14.3 Å². The Labute approximate surface area is 174 Å². The smallest absolute Gasteiger partial charge is 0.263 e. The van der Waals surface area contributed by atoms with Gasteiger partial charge in [-0.15, -0.1) is 11.3 Å². The SMILES string of the molecule is O=C(c1cccs1)N1CC[C@@]2(COCc3cnc(NCC4CCOCC4)nc32)C1. The normalized spacial score (nSPS) is 24.6. The topological polar surface area (TPSA) is 76.6 Å². The van der Waals surface area contributed by atoms with Crippen LogP contribution >= 0.6 is 11.3 Å². The summed E-state index contributed by atoms with van der Waals surface area (Å²) in [4.78, 5) is 25.0. The first-order valence-corrected chi connectivity index (χ1v) is 11.2. The highest BCUT2D eigenvalue weighted by Crippen LogP contribution is 2.39. The Bertz CT molecular complexity index is 869. The fraction of sp³-hybridized carbons (Fsp3) is 0.571. The molecule has 1 atom stereocenters. The molecule has 0 saturated carbocycles. The van der Waals surface area contributed by atoms with Crippen LogP contribution in [0.3, 0.4) is 0 Å². The maximum atomic E-state index is 12.8. The van der Waals surface area contributed by atoms with E-state index >= 15 is 0 Å². The van der Waals surface area contributed by atoms with Crippen LogP contribution in [-0.4, -0.2) is 60.2 Å². The summed E-state index contributed by atoms with van der Waals surface area (Å²) in [5, 5.41) is 5.38. The van der Waals surface area contributed by atoms with Gasteiger partial charge in [-0.05, 0) is 36.6 Å². The lowest BCUT2D eigenvalue weighted by Crippen LogP contribution is -2.41. The molecule has 154 valence electrons. The molecule has 5 rings (SSSR count). The summed E-state index contributed by atoms with van der Waals surface area (Å²) < 4.78 is 11.3. The van der Waals surface area contributed by atoms with Gasteiger partial charge in [-0.2, -0.15) is 0 Å². The summed E-state index contributed by atoms with van der Waals surface area (Å²) in [6.45, 7) is 5.06. The first kappa shape index (κ1) is 19.0. The van der Waals surface area contributed by atoms with E-state index in [1.165, 1.54) is 11.3 Å². The lowest BCUT2D eigenvalue weighted by atomic mass is 9.80. The molecule has 3 aliphatic rings. The van der Waals surface area contributed by atoms with Crippen LogP contribution in [0.4, 0.5) is 5.95 Å². The van der Waals surface area contributed by atoms with Crippen LogP contribution in [0.2, 0.25) is 0 Å². The van der Waals surface area contributed by atoms with Gasteiger partial charge in [0.2, 0.25) is 5.95 Å². The number of nitrogens with one attached hydrogen (secondary N) is 1. The van der Waals surface area contributed by atoms with Crippen molar-refractivity contribution in [1.82, 2.24) is 14.9 Å². The summed E-state index contributed by atoms with van der Waals surface area (Å²) in [5.41, 5.74) is 1.85. The fourth-order valence-electron chi connectivity index (χ4n) is 4.58. The van der Waals surface area contributed by atoms with Crippen LogP contribution in [-0.2, 0) is 21.5 Å². The predicted octanol–water partition coefficient (Wildman–Crippen LogP) is 2.69. The number of hydrogen-bond acceptors (Lipinski definition) is 7. The molecule has 0 aliphatic carbocycles. The van der Waals surface area contributed by atoms with Crippen LogP contribution in [0.1, 0.15) is 40.2 Å². The highest BCUT2D eigenvalue weighted by atomic mass is 32.1. The molecule has 1 spiro atoms. The molecule has 2 fully saturated rings. The molecule has 3 aliphatic heterocycles. The fourth-order valence-corrected chi connectivity index (χ4v) is 5.27. The van der Waals surface area contributed by atoms with Crippen molar-refractivity contribution in [3.8, 4) is 0 Å². The number of nitrogens with zero attached hydrogens (tertiary/aromatic N) is 3. The van der Waals surface area contributed by atoms with Gasteiger partial charge in [-0.25, -0.2) is 9.97 Å². The molecule has 2 aromatic heterocycles. The molecular formula is C21H26N4O3S. The van der Waals surface area contributed by atoms with Crippen molar-refractivity contribution in [1.29, 1.82) is 0 Å². The zero-order valence-corrected chi connectivity index (χ0v) is 17.2. The second kappa shape index (κ2) is 8.01. The minimum absolute atomic E-state index is 0.107. The number of ether oxygens (including phenoxy) is 2. The Morgan fingerprint density at radius 2 is 2.24 bits per heavy atom. The number of thiophene rings is 1. The maximum Gasteiger partial charge on any atom is 0.263 e. The van der Waals surface area contributed by atoms with Crippen molar-refractivity contribution in [2.24, 2.45) is 5.92 Å². The standard InChI is InChI=1S/C21H26N4O3S/c26-19(17-2-1-9-29-17)25-6-5-21(13-25)14-28-12-16-11-23-20(24-18(16)21)22-10-15-3-7-27-8-4-15/h1-2,9,11,15H,3-8,10,12-14H2,(H,22,23,24)/t21-/m0/s1. The molecule has 2 aromatic rings. The van der Waals surface area contributed by atoms with Crippen LogP contribution in [0.25, 0.3) is 0 Å². The summed E-state index contributed by atoms with van der Waals surface area (Å²) in [7, 11) is 0. The second-order valence-electron chi connectivity index (χ2n) is 8.23. The van der Waals surface area contributed by atoms with Gasteiger partial charge in [0.1, 0.15) is 0 Å². The summed E-state index contributed by atoms with van der Waals surface area (Å²) in [5.74, 6) is 1.39. The molecule has 7 nitrogen and oxygen atoms in total. The van der Waals surface area contributed by atoms with E-state index in [4.69, 9.17) is 14.5 Å². The van der Waals surface area contributed by atoms with Gasteiger partial charge in [0.25, 0.3) is 5.91 Å². The van der Waals surface area contributed by atoms with Gasteiger partial charge in [-0.1, -0.05) is 6.07 Å². The molecule has 0 radical (unpaired) electrons. The first-order valence-electron chi connectivity index (χ1n) is 10.3. The third-order valence-corrected chi connectivity index (χ3v) is 7.12. The van der Waals surface area contributed by atoms with E-state index in [0.29, 0.717) is 31.6 Å². The third-order valence-electron chi connectivity index (χ3n) is 6.27. The summed E-state index contributed by atoms with van der Waals surface area (Å²) >= 11 is 1.49. The molecule has 0 aromatic carbocycles. The van der Waals surface area contributed by atoms with Crippen LogP contribution in [0, 0.1) is 5.92 Å². The van der Waals surface area contributed by atoms with E-state index in [9.17, 15) is 4.79 Å². The Kier molecular flexibility index (Phi) is 5.24. The van der Waals surface area contributed by atoms with Gasteiger partial charge >= 0.3 is 0 Å². The van der Waals surface area contributed by atoms with Crippen LogP contribution in [0.15, 0.2) is 23.7 Å². The zero-order valence-electron chi connectivity index (χ0n) is 16.4. The summed E-state index contributed by atoms with van der Waals surface area (Å²) in [6.07, 6.45) is 4.91. The van der Waals surface area contributed by atoms with E-state index in [2.05, 4.69) is 10.3 Å². The highest BCUT2D eigenvalue weighted by Gasteiger charge is 2.46. The van der Waals surface area contributed by atoms with Gasteiger partial charge in [-0.3, -0.25) is 4.79 Å².